The predicted molar refractivity (Wildman–Crippen MR) is 97.8 cm³/mol. The van der Waals surface area contributed by atoms with Gasteiger partial charge >= 0.3 is 0 Å². The van der Waals surface area contributed by atoms with E-state index < -0.39 is 0 Å². The number of hydrogen-bond donors (Lipinski definition) is 2. The Labute approximate surface area is 150 Å². The number of rotatable bonds is 5. The van der Waals surface area contributed by atoms with Crippen LogP contribution in [0.5, 0.6) is 5.75 Å². The maximum Gasteiger partial charge on any atom is 0.229 e. The summed E-state index contributed by atoms with van der Waals surface area (Å²) < 4.78 is 5.14. The van der Waals surface area contributed by atoms with E-state index in [0.717, 1.165) is 5.69 Å². The van der Waals surface area contributed by atoms with E-state index in [-0.39, 0.29) is 0 Å². The Morgan fingerprint density at radius 1 is 1.12 bits per heavy atom. The standard InChI is InChI=1S/C18H14ClN5O/c1-25-16-7-6-13(10-14(16)19)22-17-8-9-21-18(24-17)23-15-5-3-2-4-12(15)11-20/h2-10H,1H3,(H2,21,22,23,24). The van der Waals surface area contributed by atoms with E-state index in [1.807, 2.05) is 12.1 Å². The molecular weight excluding hydrogens is 338 g/mol. The first-order valence-electron chi connectivity index (χ1n) is 7.39. The van der Waals surface area contributed by atoms with Crippen LogP contribution < -0.4 is 15.4 Å². The lowest BCUT2D eigenvalue weighted by molar-refractivity contribution is 0.415. The second-order valence-electron chi connectivity index (χ2n) is 5.02. The van der Waals surface area contributed by atoms with Crippen molar-refractivity contribution in [2.45, 2.75) is 0 Å². The number of methoxy groups -OCH3 is 1. The second kappa shape index (κ2) is 7.51. The minimum absolute atomic E-state index is 0.382. The first kappa shape index (κ1) is 16.6. The number of anilines is 4. The van der Waals surface area contributed by atoms with E-state index in [0.29, 0.717) is 33.8 Å². The molecule has 0 amide bonds. The fraction of sp³-hybridized carbons (Fsp3) is 0.0556. The van der Waals surface area contributed by atoms with Crippen LogP contribution in [-0.4, -0.2) is 17.1 Å². The molecule has 6 nitrogen and oxygen atoms in total. The van der Waals surface area contributed by atoms with Crippen molar-refractivity contribution >= 4 is 34.7 Å². The van der Waals surface area contributed by atoms with E-state index in [4.69, 9.17) is 21.6 Å². The summed E-state index contributed by atoms with van der Waals surface area (Å²) in [6.45, 7) is 0. The molecule has 0 aliphatic rings. The van der Waals surface area contributed by atoms with Gasteiger partial charge in [-0.05, 0) is 36.4 Å². The summed E-state index contributed by atoms with van der Waals surface area (Å²) in [5, 5.41) is 15.9. The Morgan fingerprint density at radius 3 is 2.72 bits per heavy atom. The first-order chi connectivity index (χ1) is 12.2. The SMILES string of the molecule is COc1ccc(Nc2ccnc(Nc3ccccc3C#N)n2)cc1Cl. The van der Waals surface area contributed by atoms with E-state index in [2.05, 4.69) is 26.7 Å². The van der Waals surface area contributed by atoms with Crippen LogP contribution in [0, 0.1) is 11.3 Å². The van der Waals surface area contributed by atoms with Gasteiger partial charge in [0.25, 0.3) is 0 Å². The van der Waals surface area contributed by atoms with Gasteiger partial charge in [-0.3, -0.25) is 0 Å². The van der Waals surface area contributed by atoms with Gasteiger partial charge in [-0.15, -0.1) is 0 Å². The summed E-state index contributed by atoms with van der Waals surface area (Å²) in [7, 11) is 1.57. The van der Waals surface area contributed by atoms with Gasteiger partial charge in [0.15, 0.2) is 0 Å². The van der Waals surface area contributed by atoms with Crippen LogP contribution in [0.4, 0.5) is 23.1 Å². The van der Waals surface area contributed by atoms with Gasteiger partial charge in [-0.1, -0.05) is 23.7 Å². The van der Waals surface area contributed by atoms with Gasteiger partial charge < -0.3 is 15.4 Å². The van der Waals surface area contributed by atoms with E-state index in [1.165, 1.54) is 0 Å². The van der Waals surface area contributed by atoms with Crippen LogP contribution in [0.25, 0.3) is 0 Å². The number of halogens is 1. The Hall–Kier alpha value is -3.30. The average molecular weight is 352 g/mol. The van der Waals surface area contributed by atoms with E-state index in [1.54, 1.807) is 49.7 Å². The maximum absolute atomic E-state index is 9.15. The van der Waals surface area contributed by atoms with Crippen molar-refractivity contribution in [3.8, 4) is 11.8 Å². The normalized spacial score (nSPS) is 9.96. The van der Waals surface area contributed by atoms with Gasteiger partial charge in [0.1, 0.15) is 17.6 Å². The molecule has 3 aromatic rings. The number of hydrogen-bond acceptors (Lipinski definition) is 6. The van der Waals surface area contributed by atoms with Crippen molar-refractivity contribution in [3.63, 3.8) is 0 Å². The summed E-state index contributed by atoms with van der Waals surface area (Å²) in [4.78, 5) is 8.57. The molecule has 3 rings (SSSR count). The lowest BCUT2D eigenvalue weighted by atomic mass is 10.2. The number of nitriles is 1. The number of aromatic nitrogens is 2. The Morgan fingerprint density at radius 2 is 1.96 bits per heavy atom. The molecule has 0 saturated carbocycles. The van der Waals surface area contributed by atoms with Crippen molar-refractivity contribution < 1.29 is 4.74 Å². The Balaban J connectivity index is 1.80. The third-order valence-corrected chi connectivity index (χ3v) is 3.67. The van der Waals surface area contributed by atoms with Crippen LogP contribution in [0.3, 0.4) is 0 Å². The third kappa shape index (κ3) is 3.97. The smallest absolute Gasteiger partial charge is 0.229 e. The van der Waals surface area contributed by atoms with Gasteiger partial charge in [0, 0.05) is 11.9 Å². The third-order valence-electron chi connectivity index (χ3n) is 3.37. The number of nitrogens with one attached hydrogen (secondary N) is 2. The molecule has 0 bridgehead atoms. The quantitative estimate of drug-likeness (QED) is 0.704. The van der Waals surface area contributed by atoms with Gasteiger partial charge in [-0.2, -0.15) is 10.2 Å². The molecule has 0 radical (unpaired) electrons. The van der Waals surface area contributed by atoms with Gasteiger partial charge in [0.05, 0.1) is 23.4 Å². The van der Waals surface area contributed by atoms with Crippen LogP contribution >= 0.6 is 11.6 Å². The molecule has 2 aromatic carbocycles. The summed E-state index contributed by atoms with van der Waals surface area (Å²) in [5.74, 6) is 1.57. The molecule has 0 saturated heterocycles. The summed E-state index contributed by atoms with van der Waals surface area (Å²) in [5.41, 5.74) is 1.94. The molecule has 1 heterocycles. The van der Waals surface area contributed by atoms with Gasteiger partial charge in [0.2, 0.25) is 5.95 Å². The van der Waals surface area contributed by atoms with Crippen molar-refractivity contribution in [2.75, 3.05) is 17.7 Å². The molecular formula is C18H14ClN5O. The highest BCUT2D eigenvalue weighted by molar-refractivity contribution is 6.32. The molecule has 0 aliphatic heterocycles. The highest BCUT2D eigenvalue weighted by atomic mass is 35.5. The van der Waals surface area contributed by atoms with Crippen molar-refractivity contribution in [1.82, 2.24) is 9.97 Å². The molecule has 0 fully saturated rings. The summed E-state index contributed by atoms with van der Waals surface area (Å²) in [6, 6.07) is 16.4. The maximum atomic E-state index is 9.15. The lowest BCUT2D eigenvalue weighted by Crippen LogP contribution is -2.01. The molecule has 0 spiro atoms. The molecule has 0 aliphatic carbocycles. The number of ether oxygens (including phenoxy) is 1. The first-order valence-corrected chi connectivity index (χ1v) is 7.77. The second-order valence-corrected chi connectivity index (χ2v) is 5.43. The highest BCUT2D eigenvalue weighted by Crippen LogP contribution is 2.28. The van der Waals surface area contributed by atoms with Crippen LogP contribution in [-0.2, 0) is 0 Å². The topological polar surface area (TPSA) is 82.9 Å². The number of benzene rings is 2. The molecule has 7 heteroatoms. The highest BCUT2D eigenvalue weighted by Gasteiger charge is 2.06. The molecule has 0 atom stereocenters. The van der Waals surface area contributed by atoms with Crippen molar-refractivity contribution in [1.29, 1.82) is 5.26 Å². The minimum Gasteiger partial charge on any atom is -0.495 e. The zero-order chi connectivity index (χ0) is 17.6. The van der Waals surface area contributed by atoms with Crippen LogP contribution in [0.2, 0.25) is 5.02 Å². The summed E-state index contributed by atoms with van der Waals surface area (Å²) >= 11 is 6.13. The van der Waals surface area contributed by atoms with Crippen LogP contribution in [0.1, 0.15) is 5.56 Å². The van der Waals surface area contributed by atoms with Crippen molar-refractivity contribution in [3.05, 3.63) is 65.3 Å². The molecule has 2 N–H and O–H groups in total. The Kier molecular flexibility index (Phi) is 4.97. The average Bonchev–Trinajstić information content (AvgIpc) is 2.63. The monoisotopic (exact) mass is 351 g/mol. The molecule has 25 heavy (non-hydrogen) atoms. The Bertz CT molecular complexity index is 939. The minimum atomic E-state index is 0.382. The fourth-order valence-electron chi connectivity index (χ4n) is 2.19. The fourth-order valence-corrected chi connectivity index (χ4v) is 2.45. The lowest BCUT2D eigenvalue weighted by Gasteiger charge is -2.10. The zero-order valence-corrected chi connectivity index (χ0v) is 14.1. The van der Waals surface area contributed by atoms with Gasteiger partial charge in [-0.25, -0.2) is 4.98 Å². The number of para-hydroxylation sites is 1. The largest absolute Gasteiger partial charge is 0.495 e. The zero-order valence-electron chi connectivity index (χ0n) is 13.3. The molecule has 1 aromatic heterocycles. The van der Waals surface area contributed by atoms with E-state index >= 15 is 0 Å². The molecule has 0 unspecified atom stereocenters. The van der Waals surface area contributed by atoms with Crippen molar-refractivity contribution in [2.24, 2.45) is 0 Å². The predicted octanol–water partition coefficient (Wildman–Crippen LogP) is 4.50. The molecule has 124 valence electrons. The number of nitrogens with zero attached hydrogens (tertiary/aromatic N) is 3. The summed E-state index contributed by atoms with van der Waals surface area (Å²) in [6.07, 6.45) is 1.62. The van der Waals surface area contributed by atoms with E-state index in [9.17, 15) is 0 Å². The van der Waals surface area contributed by atoms with Crippen LogP contribution in [0.15, 0.2) is 54.7 Å².